The zero-order chi connectivity index (χ0) is 15.7. The number of rotatable bonds is 2. The predicted octanol–water partition coefficient (Wildman–Crippen LogP) is 2.67. The van der Waals surface area contributed by atoms with Crippen LogP contribution in [0.5, 0.6) is 0 Å². The lowest BCUT2D eigenvalue weighted by Gasteiger charge is -2.36. The van der Waals surface area contributed by atoms with Crippen molar-refractivity contribution in [3.8, 4) is 0 Å². The monoisotopic (exact) mass is 341 g/mol. The molecule has 1 aromatic rings. The van der Waals surface area contributed by atoms with Crippen molar-refractivity contribution in [2.75, 3.05) is 31.1 Å². The van der Waals surface area contributed by atoms with E-state index in [1.807, 2.05) is 4.90 Å². The average Bonchev–Trinajstić information content (AvgIpc) is 2.99. The van der Waals surface area contributed by atoms with Crippen LogP contribution in [0.25, 0.3) is 0 Å². The Labute approximate surface area is 143 Å². The van der Waals surface area contributed by atoms with Gasteiger partial charge in [-0.25, -0.2) is 4.39 Å². The van der Waals surface area contributed by atoms with Gasteiger partial charge in [0.2, 0.25) is 0 Å². The molecule has 0 aromatic heterocycles. The van der Waals surface area contributed by atoms with Crippen LogP contribution in [0.3, 0.4) is 0 Å². The molecule has 2 aliphatic heterocycles. The predicted molar refractivity (Wildman–Crippen MR) is 93.1 cm³/mol. The lowest BCUT2D eigenvalue weighted by molar-refractivity contribution is 0.0673. The zero-order valence-electron chi connectivity index (χ0n) is 13.7. The van der Waals surface area contributed by atoms with Gasteiger partial charge in [-0.2, -0.15) is 0 Å². The van der Waals surface area contributed by atoms with Gasteiger partial charge in [0, 0.05) is 43.8 Å². The van der Waals surface area contributed by atoms with Gasteiger partial charge in [0.15, 0.2) is 0 Å². The molecular weight excluding hydrogens is 317 g/mol. The first-order chi connectivity index (χ1) is 10.5. The van der Waals surface area contributed by atoms with E-state index in [0.29, 0.717) is 24.3 Å². The van der Waals surface area contributed by atoms with Gasteiger partial charge in [-0.3, -0.25) is 4.79 Å². The molecule has 3 rings (SSSR count). The summed E-state index contributed by atoms with van der Waals surface area (Å²) in [6.45, 7) is 7.26. The van der Waals surface area contributed by atoms with Crippen LogP contribution >= 0.6 is 12.4 Å². The number of piperazine rings is 1. The highest BCUT2D eigenvalue weighted by Crippen LogP contribution is 2.25. The number of halogens is 2. The van der Waals surface area contributed by atoms with Crippen LogP contribution in [0.1, 0.15) is 37.0 Å². The molecule has 0 saturated carbocycles. The Bertz CT molecular complexity index is 553. The summed E-state index contributed by atoms with van der Waals surface area (Å²) in [6, 6.07) is 5.44. The van der Waals surface area contributed by atoms with E-state index in [9.17, 15) is 9.18 Å². The summed E-state index contributed by atoms with van der Waals surface area (Å²) in [5.74, 6) is -0.365. The molecule has 2 heterocycles. The first kappa shape index (κ1) is 18.0. The summed E-state index contributed by atoms with van der Waals surface area (Å²) >= 11 is 0. The summed E-state index contributed by atoms with van der Waals surface area (Å²) in [6.07, 6.45) is 2.22. The van der Waals surface area contributed by atoms with E-state index in [-0.39, 0.29) is 36.2 Å². The smallest absolute Gasteiger partial charge is 0.254 e. The maximum absolute atomic E-state index is 14.4. The Morgan fingerprint density at radius 1 is 1.17 bits per heavy atom. The first-order valence-corrected chi connectivity index (χ1v) is 8.14. The van der Waals surface area contributed by atoms with Gasteiger partial charge in [-0.1, -0.05) is 0 Å². The molecule has 1 aromatic carbocycles. The van der Waals surface area contributed by atoms with Gasteiger partial charge >= 0.3 is 0 Å². The lowest BCUT2D eigenvalue weighted by atomic mass is 10.1. The number of nitrogens with zero attached hydrogens (tertiary/aromatic N) is 2. The Hall–Kier alpha value is -1.33. The Kier molecular flexibility index (Phi) is 5.87. The SMILES string of the molecule is CC1CN(C(=O)c2ccc(N3CCCC3)c(F)c2)CC(C)N1.Cl. The van der Waals surface area contributed by atoms with Gasteiger partial charge in [0.05, 0.1) is 5.69 Å². The maximum Gasteiger partial charge on any atom is 0.254 e. The van der Waals surface area contributed by atoms with Gasteiger partial charge < -0.3 is 15.1 Å². The quantitative estimate of drug-likeness (QED) is 0.898. The second kappa shape index (κ2) is 7.49. The fraction of sp³-hybridized carbons (Fsp3) is 0.588. The number of nitrogens with one attached hydrogen (secondary N) is 1. The van der Waals surface area contributed by atoms with E-state index in [0.717, 1.165) is 25.9 Å². The van der Waals surface area contributed by atoms with Crippen LogP contribution in [-0.4, -0.2) is 49.1 Å². The molecule has 2 fully saturated rings. The van der Waals surface area contributed by atoms with E-state index >= 15 is 0 Å². The molecule has 128 valence electrons. The molecule has 2 saturated heterocycles. The maximum atomic E-state index is 14.4. The van der Waals surface area contributed by atoms with Crippen LogP contribution < -0.4 is 10.2 Å². The van der Waals surface area contributed by atoms with Crippen LogP contribution in [0.2, 0.25) is 0 Å². The van der Waals surface area contributed by atoms with Crippen molar-refractivity contribution in [2.24, 2.45) is 0 Å². The average molecular weight is 342 g/mol. The normalized spacial score (nSPS) is 24.5. The molecule has 0 bridgehead atoms. The minimum Gasteiger partial charge on any atom is -0.369 e. The van der Waals surface area contributed by atoms with Gasteiger partial charge in [0.1, 0.15) is 5.82 Å². The van der Waals surface area contributed by atoms with Crippen molar-refractivity contribution >= 4 is 24.0 Å². The fourth-order valence-corrected chi connectivity index (χ4v) is 3.53. The summed E-state index contributed by atoms with van der Waals surface area (Å²) < 4.78 is 14.4. The van der Waals surface area contributed by atoms with Crippen LogP contribution in [-0.2, 0) is 0 Å². The highest BCUT2D eigenvalue weighted by Gasteiger charge is 2.26. The number of anilines is 1. The first-order valence-electron chi connectivity index (χ1n) is 8.14. The summed E-state index contributed by atoms with van der Waals surface area (Å²) in [7, 11) is 0. The van der Waals surface area contributed by atoms with Crippen molar-refractivity contribution < 1.29 is 9.18 Å². The minimum atomic E-state index is -0.288. The number of benzene rings is 1. The van der Waals surface area contributed by atoms with Crippen LogP contribution in [0, 0.1) is 5.82 Å². The molecule has 2 atom stereocenters. The van der Waals surface area contributed by atoms with Gasteiger partial charge in [0.25, 0.3) is 5.91 Å². The van der Waals surface area contributed by atoms with E-state index in [1.54, 1.807) is 12.1 Å². The second-order valence-corrected chi connectivity index (χ2v) is 6.54. The fourth-order valence-electron chi connectivity index (χ4n) is 3.53. The Balaban J connectivity index is 0.00000192. The van der Waals surface area contributed by atoms with Crippen molar-refractivity contribution in [1.82, 2.24) is 10.2 Å². The van der Waals surface area contributed by atoms with Crippen molar-refractivity contribution in [1.29, 1.82) is 0 Å². The number of hydrogen-bond acceptors (Lipinski definition) is 3. The molecule has 2 aliphatic rings. The van der Waals surface area contributed by atoms with Gasteiger partial charge in [-0.05, 0) is 44.9 Å². The second-order valence-electron chi connectivity index (χ2n) is 6.54. The highest BCUT2D eigenvalue weighted by molar-refractivity contribution is 5.94. The Morgan fingerprint density at radius 2 is 1.78 bits per heavy atom. The van der Waals surface area contributed by atoms with Crippen LogP contribution in [0.4, 0.5) is 10.1 Å². The van der Waals surface area contributed by atoms with E-state index in [1.165, 1.54) is 6.07 Å². The summed E-state index contributed by atoms with van der Waals surface area (Å²) in [5, 5.41) is 3.40. The molecule has 0 radical (unpaired) electrons. The van der Waals surface area contributed by atoms with Gasteiger partial charge in [-0.15, -0.1) is 12.4 Å². The molecule has 4 nitrogen and oxygen atoms in total. The molecule has 6 heteroatoms. The molecule has 23 heavy (non-hydrogen) atoms. The third kappa shape index (κ3) is 3.96. The topological polar surface area (TPSA) is 35.6 Å². The third-order valence-corrected chi connectivity index (χ3v) is 4.49. The standard InChI is InChI=1S/C17H24FN3O.ClH/c1-12-10-21(11-13(2)19-12)17(22)14-5-6-16(15(18)9-14)20-7-3-4-8-20;/h5-6,9,12-13,19H,3-4,7-8,10-11H2,1-2H3;1H. The van der Waals surface area contributed by atoms with Crippen molar-refractivity contribution in [3.63, 3.8) is 0 Å². The minimum absolute atomic E-state index is 0. The zero-order valence-corrected chi connectivity index (χ0v) is 14.5. The molecule has 0 spiro atoms. The molecule has 2 unspecified atom stereocenters. The van der Waals surface area contributed by atoms with Crippen molar-refractivity contribution in [3.05, 3.63) is 29.6 Å². The number of amides is 1. The molecule has 0 aliphatic carbocycles. The largest absolute Gasteiger partial charge is 0.369 e. The van der Waals surface area contributed by atoms with Crippen molar-refractivity contribution in [2.45, 2.75) is 38.8 Å². The number of carbonyl (C=O) groups excluding carboxylic acids is 1. The third-order valence-electron chi connectivity index (χ3n) is 4.49. The lowest BCUT2D eigenvalue weighted by Crippen LogP contribution is -2.55. The number of carbonyl (C=O) groups is 1. The molecular formula is C17H25ClFN3O. The molecule has 1 amide bonds. The summed E-state index contributed by atoms with van der Waals surface area (Å²) in [4.78, 5) is 16.5. The number of hydrogen-bond donors (Lipinski definition) is 1. The summed E-state index contributed by atoms with van der Waals surface area (Å²) in [5.41, 5.74) is 1.07. The van der Waals surface area contributed by atoms with E-state index in [4.69, 9.17) is 0 Å². The Morgan fingerprint density at radius 3 is 2.35 bits per heavy atom. The highest BCUT2D eigenvalue weighted by atomic mass is 35.5. The van der Waals surface area contributed by atoms with E-state index < -0.39 is 0 Å². The molecule has 1 N–H and O–H groups in total. The van der Waals surface area contributed by atoms with E-state index in [2.05, 4.69) is 24.1 Å². The van der Waals surface area contributed by atoms with Crippen LogP contribution in [0.15, 0.2) is 18.2 Å².